The van der Waals surface area contributed by atoms with Crippen molar-refractivity contribution in [3.05, 3.63) is 23.8 Å². The minimum absolute atomic E-state index is 0.834. The number of hydrogen-bond acceptors (Lipinski definition) is 2. The summed E-state index contributed by atoms with van der Waals surface area (Å²) in [4.78, 5) is 6.75. The Kier molecular flexibility index (Phi) is 3.44. The molecule has 0 spiro atoms. The van der Waals surface area contributed by atoms with E-state index in [0.717, 1.165) is 24.5 Å². The maximum absolute atomic E-state index is 5.28. The van der Waals surface area contributed by atoms with Gasteiger partial charge in [-0.25, -0.2) is 4.99 Å². The average molecular weight is 218 g/mol. The first-order chi connectivity index (χ1) is 7.79. The molecular formula is C13H18N2O. The molecule has 3 heteroatoms. The van der Waals surface area contributed by atoms with Crippen LogP contribution in [0, 0.1) is 6.92 Å². The number of hydrogen-bond donors (Lipinski definition) is 0. The second-order valence-electron chi connectivity index (χ2n) is 4.16. The van der Waals surface area contributed by atoms with Crippen LogP contribution in [0.2, 0.25) is 0 Å². The zero-order valence-corrected chi connectivity index (χ0v) is 9.94. The summed E-state index contributed by atoms with van der Waals surface area (Å²) in [5.41, 5.74) is 2.11. The molecule has 86 valence electrons. The van der Waals surface area contributed by atoms with Crippen LogP contribution in [0.5, 0.6) is 5.75 Å². The topological polar surface area (TPSA) is 24.8 Å². The summed E-state index contributed by atoms with van der Waals surface area (Å²) >= 11 is 0. The van der Waals surface area contributed by atoms with E-state index in [2.05, 4.69) is 16.8 Å². The minimum atomic E-state index is 0.834. The lowest BCUT2D eigenvalue weighted by Gasteiger charge is -2.10. The Morgan fingerprint density at radius 2 is 2.06 bits per heavy atom. The van der Waals surface area contributed by atoms with E-state index in [4.69, 9.17) is 4.74 Å². The number of methoxy groups -OCH3 is 1. The Balaban J connectivity index is 2.15. The van der Waals surface area contributed by atoms with Crippen molar-refractivity contribution in [3.8, 4) is 5.75 Å². The first kappa shape index (κ1) is 11.0. The Labute approximate surface area is 96.7 Å². The second kappa shape index (κ2) is 5.01. The van der Waals surface area contributed by atoms with Crippen LogP contribution < -0.4 is 4.74 Å². The molecule has 1 fully saturated rings. The van der Waals surface area contributed by atoms with E-state index >= 15 is 0 Å². The van der Waals surface area contributed by atoms with E-state index < -0.39 is 0 Å². The van der Waals surface area contributed by atoms with Crippen molar-refractivity contribution in [2.24, 2.45) is 4.99 Å². The van der Waals surface area contributed by atoms with E-state index in [9.17, 15) is 0 Å². The van der Waals surface area contributed by atoms with Crippen molar-refractivity contribution < 1.29 is 4.74 Å². The van der Waals surface area contributed by atoms with E-state index in [-0.39, 0.29) is 0 Å². The lowest BCUT2D eigenvalue weighted by Crippen LogP contribution is -2.16. The van der Waals surface area contributed by atoms with Gasteiger partial charge in [-0.1, -0.05) is 6.07 Å². The van der Waals surface area contributed by atoms with Gasteiger partial charge in [0.05, 0.1) is 13.4 Å². The van der Waals surface area contributed by atoms with E-state index in [1.165, 1.54) is 18.4 Å². The van der Waals surface area contributed by atoms with Gasteiger partial charge in [-0.3, -0.25) is 0 Å². The first-order valence-corrected chi connectivity index (χ1v) is 5.72. The second-order valence-corrected chi connectivity index (χ2v) is 4.16. The van der Waals surface area contributed by atoms with Crippen LogP contribution in [-0.4, -0.2) is 31.4 Å². The largest absolute Gasteiger partial charge is 0.494 e. The fourth-order valence-corrected chi connectivity index (χ4v) is 1.90. The number of aryl methyl sites for hydroxylation is 1. The average Bonchev–Trinajstić information content (AvgIpc) is 2.79. The van der Waals surface area contributed by atoms with Crippen LogP contribution >= 0.6 is 0 Å². The van der Waals surface area contributed by atoms with Crippen molar-refractivity contribution in [2.45, 2.75) is 19.8 Å². The highest BCUT2D eigenvalue weighted by molar-refractivity contribution is 5.65. The van der Waals surface area contributed by atoms with Crippen LogP contribution in [0.3, 0.4) is 0 Å². The maximum Gasteiger partial charge on any atom is 0.144 e. The van der Waals surface area contributed by atoms with E-state index in [0.29, 0.717) is 0 Å². The van der Waals surface area contributed by atoms with Gasteiger partial charge in [0.1, 0.15) is 11.4 Å². The maximum atomic E-state index is 5.28. The van der Waals surface area contributed by atoms with Crippen molar-refractivity contribution >= 4 is 12.0 Å². The van der Waals surface area contributed by atoms with Crippen LogP contribution in [0.15, 0.2) is 23.2 Å². The lowest BCUT2D eigenvalue weighted by molar-refractivity contribution is 0.416. The first-order valence-electron chi connectivity index (χ1n) is 5.72. The summed E-state index contributed by atoms with van der Waals surface area (Å²) in [6, 6.07) is 6.05. The Morgan fingerprint density at radius 1 is 1.31 bits per heavy atom. The fraction of sp³-hybridized carbons (Fsp3) is 0.462. The summed E-state index contributed by atoms with van der Waals surface area (Å²) in [6.07, 6.45) is 4.48. The van der Waals surface area contributed by atoms with Gasteiger partial charge in [0.25, 0.3) is 0 Å². The lowest BCUT2D eigenvalue weighted by atomic mass is 10.2. The van der Waals surface area contributed by atoms with Gasteiger partial charge in [-0.15, -0.1) is 0 Å². The summed E-state index contributed by atoms with van der Waals surface area (Å²) in [5, 5.41) is 0. The normalized spacial score (nSPS) is 16.0. The molecule has 3 nitrogen and oxygen atoms in total. The highest BCUT2D eigenvalue weighted by Crippen LogP contribution is 2.27. The molecule has 0 aromatic heterocycles. The molecule has 1 aliphatic heterocycles. The molecule has 1 aromatic carbocycles. The van der Waals surface area contributed by atoms with Gasteiger partial charge in [0.2, 0.25) is 0 Å². The summed E-state index contributed by atoms with van der Waals surface area (Å²) in [6.45, 7) is 4.31. The molecule has 16 heavy (non-hydrogen) atoms. The van der Waals surface area contributed by atoms with E-state index in [1.54, 1.807) is 7.11 Å². The molecular weight excluding hydrogens is 200 g/mol. The molecule has 1 aromatic rings. The third-order valence-electron chi connectivity index (χ3n) is 2.84. The Morgan fingerprint density at radius 3 is 2.75 bits per heavy atom. The van der Waals surface area contributed by atoms with Gasteiger partial charge >= 0.3 is 0 Å². The van der Waals surface area contributed by atoms with Crippen molar-refractivity contribution in [1.82, 2.24) is 4.90 Å². The van der Waals surface area contributed by atoms with Crippen molar-refractivity contribution in [2.75, 3.05) is 20.2 Å². The number of benzene rings is 1. The highest BCUT2D eigenvalue weighted by atomic mass is 16.5. The number of nitrogens with zero attached hydrogens (tertiary/aromatic N) is 2. The predicted octanol–water partition coefficient (Wildman–Crippen LogP) is 2.76. The molecule has 0 atom stereocenters. The van der Waals surface area contributed by atoms with Crippen LogP contribution in [-0.2, 0) is 0 Å². The van der Waals surface area contributed by atoms with Gasteiger partial charge in [0.15, 0.2) is 0 Å². The number of likely N-dealkylation sites (tertiary alicyclic amines) is 1. The summed E-state index contributed by atoms with van der Waals surface area (Å²) in [7, 11) is 1.68. The van der Waals surface area contributed by atoms with Crippen LogP contribution in [0.1, 0.15) is 18.4 Å². The van der Waals surface area contributed by atoms with Crippen LogP contribution in [0.25, 0.3) is 0 Å². The summed E-state index contributed by atoms with van der Waals surface area (Å²) < 4.78 is 5.28. The number of rotatable bonds is 3. The highest BCUT2D eigenvalue weighted by Gasteiger charge is 2.07. The molecule has 0 unspecified atom stereocenters. The molecule has 0 saturated carbocycles. The zero-order valence-electron chi connectivity index (χ0n) is 9.94. The molecule has 0 radical (unpaired) electrons. The Bertz CT molecular complexity index is 382. The van der Waals surface area contributed by atoms with Crippen LogP contribution in [0.4, 0.5) is 5.69 Å². The molecule has 0 bridgehead atoms. The SMILES string of the molecule is COc1ccc(C)cc1N=CN1CCCC1. The predicted molar refractivity (Wildman–Crippen MR) is 66.7 cm³/mol. The van der Waals surface area contributed by atoms with Gasteiger partial charge < -0.3 is 9.64 Å². The molecule has 0 N–H and O–H groups in total. The monoisotopic (exact) mass is 218 g/mol. The quantitative estimate of drug-likeness (QED) is 0.575. The molecule has 0 aliphatic carbocycles. The zero-order chi connectivity index (χ0) is 11.4. The number of ether oxygens (including phenoxy) is 1. The standard InChI is InChI=1S/C13H18N2O/c1-11-5-6-13(16-2)12(9-11)14-10-15-7-3-4-8-15/h5-6,9-10H,3-4,7-8H2,1-2H3. The molecule has 1 aliphatic rings. The van der Waals surface area contributed by atoms with E-state index in [1.807, 2.05) is 24.5 Å². The molecule has 2 rings (SSSR count). The molecule has 1 saturated heterocycles. The minimum Gasteiger partial charge on any atom is -0.494 e. The van der Waals surface area contributed by atoms with Gasteiger partial charge in [-0.05, 0) is 37.5 Å². The Hall–Kier alpha value is -1.51. The summed E-state index contributed by atoms with van der Waals surface area (Å²) in [5.74, 6) is 0.834. The van der Waals surface area contributed by atoms with Gasteiger partial charge in [-0.2, -0.15) is 0 Å². The molecule has 1 heterocycles. The van der Waals surface area contributed by atoms with Gasteiger partial charge in [0, 0.05) is 13.1 Å². The fourth-order valence-electron chi connectivity index (χ4n) is 1.90. The van der Waals surface area contributed by atoms with Crippen molar-refractivity contribution in [3.63, 3.8) is 0 Å². The smallest absolute Gasteiger partial charge is 0.144 e. The number of aliphatic imine (C=N–C) groups is 1. The third kappa shape index (κ3) is 2.54. The van der Waals surface area contributed by atoms with Crippen molar-refractivity contribution in [1.29, 1.82) is 0 Å². The third-order valence-corrected chi connectivity index (χ3v) is 2.84. The molecule has 0 amide bonds.